The fourth-order valence-electron chi connectivity index (χ4n) is 3.12. The highest BCUT2D eigenvalue weighted by molar-refractivity contribution is 7.89. The monoisotopic (exact) mass is 383 g/mol. The number of sulfonamides is 1. The molecule has 0 aliphatic heterocycles. The summed E-state index contributed by atoms with van der Waals surface area (Å²) in [4.78, 5) is 0.266. The third kappa shape index (κ3) is 4.15. The van der Waals surface area contributed by atoms with Gasteiger partial charge in [-0.3, -0.25) is 0 Å². The zero-order chi connectivity index (χ0) is 19.6. The van der Waals surface area contributed by atoms with Gasteiger partial charge in [0.15, 0.2) is 0 Å². The van der Waals surface area contributed by atoms with Gasteiger partial charge < -0.3 is 4.74 Å². The maximum atomic E-state index is 13.0. The average Bonchev–Trinajstić information content (AvgIpc) is 2.67. The summed E-state index contributed by atoms with van der Waals surface area (Å²) in [5.41, 5.74) is 3.33. The third-order valence-electron chi connectivity index (χ3n) is 4.97. The van der Waals surface area contributed by atoms with Crippen LogP contribution >= 0.6 is 0 Å². The fraction of sp³-hybridized carbons (Fsp3) is 0.273. The second-order valence-electron chi connectivity index (χ2n) is 6.80. The van der Waals surface area contributed by atoms with Crippen molar-refractivity contribution in [3.63, 3.8) is 0 Å². The van der Waals surface area contributed by atoms with Crippen LogP contribution in [0.3, 0.4) is 0 Å². The van der Waals surface area contributed by atoms with Gasteiger partial charge >= 0.3 is 0 Å². The molecule has 0 saturated heterocycles. The zero-order valence-electron chi connectivity index (χ0n) is 16.1. The quantitative estimate of drug-likeness (QED) is 0.659. The fourth-order valence-corrected chi connectivity index (χ4v) is 4.46. The number of benzene rings is 3. The number of nitrogens with one attached hydrogen (secondary N) is 1. The molecule has 0 bridgehead atoms. The lowest BCUT2D eigenvalue weighted by Gasteiger charge is -2.19. The van der Waals surface area contributed by atoms with Gasteiger partial charge in [-0.25, -0.2) is 13.1 Å². The van der Waals surface area contributed by atoms with Gasteiger partial charge in [-0.15, -0.1) is 0 Å². The van der Waals surface area contributed by atoms with E-state index in [-0.39, 0.29) is 10.9 Å². The molecule has 0 fully saturated rings. The summed E-state index contributed by atoms with van der Waals surface area (Å²) in [5.74, 6) is 0.747. The molecule has 0 spiro atoms. The van der Waals surface area contributed by atoms with Gasteiger partial charge in [-0.1, -0.05) is 37.3 Å². The minimum Gasteiger partial charge on any atom is -0.497 e. The molecule has 3 aromatic rings. The Morgan fingerprint density at radius 3 is 2.30 bits per heavy atom. The lowest BCUT2D eigenvalue weighted by Crippen LogP contribution is -2.28. The molecule has 3 rings (SSSR count). The van der Waals surface area contributed by atoms with Crippen LogP contribution < -0.4 is 9.46 Å². The minimum atomic E-state index is -3.63. The molecular formula is C22H25NO3S. The first-order valence-corrected chi connectivity index (χ1v) is 10.5. The van der Waals surface area contributed by atoms with Crippen LogP contribution in [-0.4, -0.2) is 15.5 Å². The lowest BCUT2D eigenvalue weighted by atomic mass is 10.0. The van der Waals surface area contributed by atoms with Crippen LogP contribution in [0.5, 0.6) is 5.75 Å². The van der Waals surface area contributed by atoms with Crippen molar-refractivity contribution >= 4 is 20.8 Å². The van der Waals surface area contributed by atoms with Crippen LogP contribution in [0.25, 0.3) is 10.8 Å². The van der Waals surface area contributed by atoms with Crippen molar-refractivity contribution in [3.05, 3.63) is 71.3 Å². The molecule has 0 saturated carbocycles. The number of methoxy groups -OCH3 is 1. The van der Waals surface area contributed by atoms with E-state index in [2.05, 4.69) is 10.8 Å². The standard InChI is InChI=1S/C22H25NO3S/c1-5-22(19-7-6-15(2)16(3)12-19)23-27(24,25)21-11-9-17-13-20(26-4)10-8-18(17)14-21/h6-14,22-23H,5H2,1-4H3/t22-/m0/s1. The van der Waals surface area contributed by atoms with Crippen molar-refractivity contribution in [2.75, 3.05) is 7.11 Å². The molecule has 27 heavy (non-hydrogen) atoms. The third-order valence-corrected chi connectivity index (χ3v) is 6.44. The van der Waals surface area contributed by atoms with Crippen LogP contribution in [0.2, 0.25) is 0 Å². The molecule has 0 aliphatic rings. The SMILES string of the molecule is CC[C@H](NS(=O)(=O)c1ccc2cc(OC)ccc2c1)c1ccc(C)c(C)c1. The molecule has 4 nitrogen and oxygen atoms in total. The van der Waals surface area contributed by atoms with E-state index in [0.29, 0.717) is 6.42 Å². The number of hydrogen-bond donors (Lipinski definition) is 1. The maximum Gasteiger partial charge on any atom is 0.241 e. The van der Waals surface area contributed by atoms with E-state index in [4.69, 9.17) is 4.74 Å². The van der Waals surface area contributed by atoms with Gasteiger partial charge in [0.2, 0.25) is 10.0 Å². The number of hydrogen-bond acceptors (Lipinski definition) is 3. The molecule has 1 N–H and O–H groups in total. The predicted octanol–water partition coefficient (Wildman–Crippen LogP) is 4.89. The topological polar surface area (TPSA) is 55.4 Å². The summed E-state index contributed by atoms with van der Waals surface area (Å²) in [6, 6.07) is 16.5. The highest BCUT2D eigenvalue weighted by Crippen LogP contribution is 2.26. The Bertz CT molecular complexity index is 1070. The zero-order valence-corrected chi connectivity index (χ0v) is 16.9. The minimum absolute atomic E-state index is 0.263. The molecule has 1 atom stereocenters. The van der Waals surface area contributed by atoms with Gasteiger partial charge in [0.1, 0.15) is 5.75 Å². The number of rotatable bonds is 6. The Morgan fingerprint density at radius 2 is 1.63 bits per heavy atom. The van der Waals surface area contributed by atoms with E-state index < -0.39 is 10.0 Å². The van der Waals surface area contributed by atoms with E-state index in [1.807, 2.05) is 57.2 Å². The summed E-state index contributed by atoms with van der Waals surface area (Å²) >= 11 is 0. The van der Waals surface area contributed by atoms with Gasteiger partial charge in [0.25, 0.3) is 0 Å². The first kappa shape index (κ1) is 19.4. The number of aryl methyl sites for hydroxylation is 2. The summed E-state index contributed by atoms with van der Waals surface area (Å²) in [6.45, 7) is 6.07. The van der Waals surface area contributed by atoms with Gasteiger partial charge in [-0.05, 0) is 72.0 Å². The first-order chi connectivity index (χ1) is 12.8. The summed E-state index contributed by atoms with van der Waals surface area (Å²) in [6.07, 6.45) is 0.673. The Labute approximate surface area is 161 Å². The molecule has 0 aliphatic carbocycles. The van der Waals surface area contributed by atoms with Crippen LogP contribution in [0.4, 0.5) is 0 Å². The lowest BCUT2D eigenvalue weighted by molar-refractivity contribution is 0.415. The number of ether oxygens (including phenoxy) is 1. The Hall–Kier alpha value is -2.37. The first-order valence-electron chi connectivity index (χ1n) is 9.01. The Morgan fingerprint density at radius 1 is 0.926 bits per heavy atom. The highest BCUT2D eigenvalue weighted by atomic mass is 32.2. The molecular weight excluding hydrogens is 358 g/mol. The van der Waals surface area contributed by atoms with Gasteiger partial charge in [0, 0.05) is 6.04 Å². The molecule has 0 unspecified atom stereocenters. The molecule has 0 aromatic heterocycles. The van der Waals surface area contributed by atoms with Gasteiger partial charge in [0.05, 0.1) is 12.0 Å². The highest BCUT2D eigenvalue weighted by Gasteiger charge is 2.21. The van der Waals surface area contributed by atoms with E-state index in [1.165, 1.54) is 5.56 Å². The number of fused-ring (bicyclic) bond motifs is 1. The largest absolute Gasteiger partial charge is 0.497 e. The van der Waals surface area contributed by atoms with Crippen molar-refractivity contribution in [1.82, 2.24) is 4.72 Å². The smallest absolute Gasteiger partial charge is 0.241 e. The normalized spacial score (nSPS) is 12.9. The molecule has 0 heterocycles. The van der Waals surface area contributed by atoms with Crippen molar-refractivity contribution in [2.45, 2.75) is 38.1 Å². The van der Waals surface area contributed by atoms with Crippen LogP contribution in [0.1, 0.15) is 36.1 Å². The molecule has 0 amide bonds. The van der Waals surface area contributed by atoms with Crippen LogP contribution in [0, 0.1) is 13.8 Å². The summed E-state index contributed by atoms with van der Waals surface area (Å²) in [5, 5.41) is 1.80. The second kappa shape index (κ2) is 7.71. The van der Waals surface area contributed by atoms with E-state index in [9.17, 15) is 8.42 Å². The predicted molar refractivity (Wildman–Crippen MR) is 110 cm³/mol. The van der Waals surface area contributed by atoms with E-state index in [1.54, 1.807) is 19.2 Å². The maximum absolute atomic E-state index is 13.0. The Balaban J connectivity index is 1.92. The van der Waals surface area contributed by atoms with E-state index >= 15 is 0 Å². The molecule has 3 aromatic carbocycles. The molecule has 5 heteroatoms. The Kier molecular flexibility index (Phi) is 5.53. The van der Waals surface area contributed by atoms with Gasteiger partial charge in [-0.2, -0.15) is 0 Å². The average molecular weight is 384 g/mol. The van der Waals surface area contributed by atoms with Crippen molar-refractivity contribution in [3.8, 4) is 5.75 Å². The van der Waals surface area contributed by atoms with Crippen LogP contribution in [0.15, 0.2) is 59.5 Å². The second-order valence-corrected chi connectivity index (χ2v) is 8.51. The van der Waals surface area contributed by atoms with Crippen molar-refractivity contribution in [1.29, 1.82) is 0 Å². The van der Waals surface area contributed by atoms with Crippen molar-refractivity contribution in [2.24, 2.45) is 0 Å². The molecule has 0 radical (unpaired) electrons. The summed E-state index contributed by atoms with van der Waals surface area (Å²) in [7, 11) is -2.02. The summed E-state index contributed by atoms with van der Waals surface area (Å²) < 4.78 is 34.0. The van der Waals surface area contributed by atoms with Crippen molar-refractivity contribution < 1.29 is 13.2 Å². The molecule has 142 valence electrons. The van der Waals surface area contributed by atoms with Crippen LogP contribution in [-0.2, 0) is 10.0 Å². The van der Waals surface area contributed by atoms with E-state index in [0.717, 1.165) is 27.6 Å².